The molecule has 4 aromatic rings. The molecule has 9 heteroatoms. The van der Waals surface area contributed by atoms with Crippen LogP contribution in [-0.2, 0) is 25.7 Å². The number of amides is 1. The van der Waals surface area contributed by atoms with Crippen molar-refractivity contribution >= 4 is 16.8 Å². The number of oxazole rings is 1. The van der Waals surface area contributed by atoms with Crippen molar-refractivity contribution in [2.75, 3.05) is 6.54 Å². The molecule has 0 radical (unpaired) electrons. The maximum absolute atomic E-state index is 13.2. The van der Waals surface area contributed by atoms with Crippen LogP contribution in [0.5, 0.6) is 0 Å². The van der Waals surface area contributed by atoms with Crippen LogP contribution in [0.1, 0.15) is 45.9 Å². The quantitative estimate of drug-likeness (QED) is 0.339. The van der Waals surface area contributed by atoms with Crippen LogP contribution in [0, 0.1) is 0 Å². The van der Waals surface area contributed by atoms with Gasteiger partial charge in [-0.2, -0.15) is 13.2 Å². The van der Waals surface area contributed by atoms with Crippen molar-refractivity contribution in [2.24, 2.45) is 0 Å². The Morgan fingerprint density at radius 3 is 2.77 bits per heavy atom. The van der Waals surface area contributed by atoms with E-state index in [1.54, 1.807) is 6.07 Å². The number of hydrogen-bond donors (Lipinski definition) is 2. The molecule has 0 unspecified atom stereocenters. The van der Waals surface area contributed by atoms with Crippen molar-refractivity contribution in [2.45, 2.75) is 44.6 Å². The molecule has 5 rings (SSSR count). The number of hydrogen-bond acceptors (Lipinski definition) is 4. The topological polar surface area (TPSA) is 74.2 Å². The maximum Gasteiger partial charge on any atom is 0.416 e. The molecule has 6 nitrogen and oxygen atoms in total. The second kappa shape index (κ2) is 9.58. The fourth-order valence-electron chi connectivity index (χ4n) is 4.10. The first-order valence-electron chi connectivity index (χ1n) is 11.5. The highest BCUT2D eigenvalue weighted by Gasteiger charge is 2.30. The lowest BCUT2D eigenvalue weighted by molar-refractivity contribution is -0.137. The van der Waals surface area contributed by atoms with Crippen LogP contribution in [-0.4, -0.2) is 33.4 Å². The van der Waals surface area contributed by atoms with Crippen LogP contribution in [0.3, 0.4) is 0 Å². The van der Waals surface area contributed by atoms with E-state index in [2.05, 4.69) is 15.3 Å². The van der Waals surface area contributed by atoms with Gasteiger partial charge >= 0.3 is 6.18 Å². The minimum atomic E-state index is -4.41. The van der Waals surface area contributed by atoms with E-state index >= 15 is 0 Å². The van der Waals surface area contributed by atoms with Gasteiger partial charge in [-0.3, -0.25) is 9.69 Å². The predicted molar refractivity (Wildman–Crippen MR) is 125 cm³/mol. The Bertz CT molecular complexity index is 1320. The predicted octanol–water partition coefficient (Wildman–Crippen LogP) is 5.31. The first-order valence-corrected chi connectivity index (χ1v) is 11.5. The van der Waals surface area contributed by atoms with E-state index < -0.39 is 11.7 Å². The number of halogens is 3. The molecule has 2 aromatic heterocycles. The van der Waals surface area contributed by atoms with Crippen molar-refractivity contribution in [1.82, 2.24) is 20.2 Å². The Morgan fingerprint density at radius 2 is 1.97 bits per heavy atom. The molecule has 1 aliphatic carbocycles. The average Bonchev–Trinajstić information content (AvgIpc) is 3.36. The molecule has 0 saturated heterocycles. The van der Waals surface area contributed by atoms with E-state index in [0.717, 1.165) is 35.4 Å². The summed E-state index contributed by atoms with van der Waals surface area (Å²) < 4.78 is 45.2. The molecule has 2 heterocycles. The van der Waals surface area contributed by atoms with Crippen molar-refractivity contribution < 1.29 is 22.4 Å². The molecule has 182 valence electrons. The molecule has 1 saturated carbocycles. The second-order valence-corrected chi connectivity index (χ2v) is 8.89. The van der Waals surface area contributed by atoms with Gasteiger partial charge in [0, 0.05) is 36.2 Å². The summed E-state index contributed by atoms with van der Waals surface area (Å²) in [5, 5.41) is 3.99. The smallest absolute Gasteiger partial charge is 0.416 e. The van der Waals surface area contributed by atoms with Gasteiger partial charge in [0.25, 0.3) is 5.91 Å². The van der Waals surface area contributed by atoms with Crippen LogP contribution < -0.4 is 5.32 Å². The van der Waals surface area contributed by atoms with Gasteiger partial charge in [-0.05, 0) is 42.5 Å². The van der Waals surface area contributed by atoms with Crippen molar-refractivity contribution in [3.05, 3.63) is 89.3 Å². The number of nitrogens with zero attached hydrogens (tertiary/aromatic N) is 2. The molecule has 1 fully saturated rings. The molecule has 0 spiro atoms. The number of para-hydroxylation sites is 1. The van der Waals surface area contributed by atoms with E-state index in [9.17, 15) is 18.0 Å². The summed E-state index contributed by atoms with van der Waals surface area (Å²) in [6.45, 7) is 1.09. The van der Waals surface area contributed by atoms with Crippen LogP contribution in [0.25, 0.3) is 10.9 Å². The highest BCUT2D eigenvalue weighted by Crippen LogP contribution is 2.30. The lowest BCUT2D eigenvalue weighted by Crippen LogP contribution is -2.27. The van der Waals surface area contributed by atoms with Gasteiger partial charge in [-0.15, -0.1) is 0 Å². The third-order valence-electron chi connectivity index (χ3n) is 6.09. The van der Waals surface area contributed by atoms with E-state index in [1.165, 1.54) is 18.4 Å². The minimum absolute atomic E-state index is 0.205. The van der Waals surface area contributed by atoms with Crippen LogP contribution in [0.2, 0.25) is 0 Å². The molecule has 1 amide bonds. The normalized spacial score (nSPS) is 14.1. The number of nitrogens with one attached hydrogen (secondary N) is 2. The number of fused-ring (bicyclic) bond motifs is 1. The molecular weight excluding hydrogens is 457 g/mol. The Kier molecular flexibility index (Phi) is 6.34. The summed E-state index contributed by atoms with van der Waals surface area (Å²) in [7, 11) is 0. The van der Waals surface area contributed by atoms with Crippen LogP contribution >= 0.6 is 0 Å². The standard InChI is InChI=1S/C26H25F3N4O2/c27-26(28,29)19-5-3-4-17(12-19)14-33(11-10-18-13-30-22-7-2-1-6-21(18)22)15-24-32-23(16-35-24)25(34)31-20-8-9-20/h1-7,12-13,16,20,30H,8-11,14-15H2,(H,31,34). The number of aromatic amines is 1. The molecular formula is C26H25F3N4O2. The Labute approximate surface area is 200 Å². The van der Waals surface area contributed by atoms with Gasteiger partial charge in [0.1, 0.15) is 6.26 Å². The number of carbonyl (C=O) groups is 1. The van der Waals surface area contributed by atoms with E-state index in [1.807, 2.05) is 35.4 Å². The molecule has 1 aliphatic rings. The van der Waals surface area contributed by atoms with Crippen molar-refractivity contribution in [3.8, 4) is 0 Å². The van der Waals surface area contributed by atoms with Crippen LogP contribution in [0.4, 0.5) is 13.2 Å². The molecule has 2 aromatic carbocycles. The number of aromatic nitrogens is 2. The molecule has 0 bridgehead atoms. The zero-order valence-electron chi connectivity index (χ0n) is 18.9. The van der Waals surface area contributed by atoms with Gasteiger partial charge in [0.05, 0.1) is 12.1 Å². The van der Waals surface area contributed by atoms with Crippen molar-refractivity contribution in [1.29, 1.82) is 0 Å². The van der Waals surface area contributed by atoms with Crippen LogP contribution in [0.15, 0.2) is 65.4 Å². The fraction of sp³-hybridized carbons (Fsp3) is 0.308. The lowest BCUT2D eigenvalue weighted by Gasteiger charge is -2.21. The van der Waals surface area contributed by atoms with Gasteiger partial charge in [-0.25, -0.2) is 4.98 Å². The summed E-state index contributed by atoms with van der Waals surface area (Å²) in [6.07, 6.45) is 1.49. The summed E-state index contributed by atoms with van der Waals surface area (Å²) in [5.41, 5.74) is 2.22. The maximum atomic E-state index is 13.2. The Hall–Kier alpha value is -3.59. The highest BCUT2D eigenvalue weighted by atomic mass is 19.4. The number of benzene rings is 2. The first kappa shape index (κ1) is 23.2. The zero-order chi connectivity index (χ0) is 24.4. The Balaban J connectivity index is 1.33. The average molecular weight is 483 g/mol. The summed E-state index contributed by atoms with van der Waals surface area (Å²) in [6, 6.07) is 13.5. The minimum Gasteiger partial charge on any atom is -0.447 e. The molecule has 0 aliphatic heterocycles. The first-order chi connectivity index (χ1) is 16.8. The number of alkyl halides is 3. The molecule has 0 atom stereocenters. The largest absolute Gasteiger partial charge is 0.447 e. The third kappa shape index (κ3) is 5.74. The Morgan fingerprint density at radius 1 is 1.14 bits per heavy atom. The van der Waals surface area contributed by atoms with Gasteiger partial charge in [0.15, 0.2) is 5.69 Å². The molecule has 35 heavy (non-hydrogen) atoms. The van der Waals surface area contributed by atoms with Gasteiger partial charge < -0.3 is 14.7 Å². The van der Waals surface area contributed by atoms with E-state index in [-0.39, 0.29) is 30.7 Å². The third-order valence-corrected chi connectivity index (χ3v) is 6.09. The summed E-state index contributed by atoms with van der Waals surface area (Å²) >= 11 is 0. The van der Waals surface area contributed by atoms with E-state index in [4.69, 9.17) is 4.42 Å². The molecule has 2 N–H and O–H groups in total. The highest BCUT2D eigenvalue weighted by molar-refractivity contribution is 5.92. The summed E-state index contributed by atoms with van der Waals surface area (Å²) in [4.78, 5) is 21.8. The number of H-pyrrole nitrogens is 1. The van der Waals surface area contributed by atoms with E-state index in [0.29, 0.717) is 24.4 Å². The number of rotatable bonds is 9. The summed E-state index contributed by atoms with van der Waals surface area (Å²) in [5.74, 6) is 0.0718. The number of carbonyl (C=O) groups excluding carboxylic acids is 1. The second-order valence-electron chi connectivity index (χ2n) is 8.89. The van der Waals surface area contributed by atoms with Gasteiger partial charge in [0.2, 0.25) is 5.89 Å². The fourth-order valence-corrected chi connectivity index (χ4v) is 4.10. The van der Waals surface area contributed by atoms with Gasteiger partial charge in [-0.1, -0.05) is 36.4 Å². The van der Waals surface area contributed by atoms with Crippen molar-refractivity contribution in [3.63, 3.8) is 0 Å². The zero-order valence-corrected chi connectivity index (χ0v) is 18.9. The SMILES string of the molecule is O=C(NC1CC1)c1coc(CN(CCc2c[nH]c3ccccc23)Cc2cccc(C(F)(F)F)c2)n1. The lowest BCUT2D eigenvalue weighted by atomic mass is 10.1. The monoisotopic (exact) mass is 482 g/mol.